The number of hydrogen-bond acceptors (Lipinski definition) is 3. The highest BCUT2D eigenvalue weighted by atomic mass is 16.5. The third-order valence-electron chi connectivity index (χ3n) is 4.22. The van der Waals surface area contributed by atoms with Crippen molar-refractivity contribution in [3.05, 3.63) is 59.4 Å². The van der Waals surface area contributed by atoms with Crippen molar-refractivity contribution in [1.82, 2.24) is 0 Å². The van der Waals surface area contributed by atoms with Gasteiger partial charge in [0.25, 0.3) is 0 Å². The Bertz CT molecular complexity index is 571. The summed E-state index contributed by atoms with van der Waals surface area (Å²) in [5, 5.41) is 0. The number of benzene rings is 1. The Balaban J connectivity index is 1.90. The maximum absolute atomic E-state index is 11.4. The summed E-state index contributed by atoms with van der Waals surface area (Å²) in [6.07, 6.45) is 7.91. The summed E-state index contributed by atoms with van der Waals surface area (Å²) < 4.78 is 10.9. The summed E-state index contributed by atoms with van der Waals surface area (Å²) in [4.78, 5) is 11.4. The molecule has 0 aromatic heterocycles. The van der Waals surface area contributed by atoms with Crippen LogP contribution < -0.4 is 0 Å². The van der Waals surface area contributed by atoms with Gasteiger partial charge in [0.1, 0.15) is 6.10 Å². The third kappa shape index (κ3) is 2.87. The summed E-state index contributed by atoms with van der Waals surface area (Å²) in [6, 6.07) is 10.2. The molecule has 2 aliphatic rings. The molecule has 0 N–H and O–H groups in total. The first-order chi connectivity index (χ1) is 10.3. The molecule has 3 rings (SSSR count). The third-order valence-corrected chi connectivity index (χ3v) is 4.22. The van der Waals surface area contributed by atoms with Crippen LogP contribution in [0.25, 0.3) is 0 Å². The van der Waals surface area contributed by atoms with Crippen molar-refractivity contribution in [3.8, 4) is 0 Å². The molecule has 0 spiro atoms. The van der Waals surface area contributed by atoms with E-state index in [1.165, 1.54) is 31.6 Å². The lowest BCUT2D eigenvalue weighted by Crippen LogP contribution is -2.10. The first kappa shape index (κ1) is 13.9. The van der Waals surface area contributed by atoms with Crippen molar-refractivity contribution >= 4 is 5.97 Å². The molecule has 1 aromatic carbocycles. The normalized spacial score (nSPS) is 24.8. The van der Waals surface area contributed by atoms with E-state index < -0.39 is 0 Å². The zero-order chi connectivity index (χ0) is 14.7. The molecule has 0 bridgehead atoms. The van der Waals surface area contributed by atoms with E-state index in [-0.39, 0.29) is 18.0 Å². The Morgan fingerprint density at radius 2 is 2.00 bits per heavy atom. The van der Waals surface area contributed by atoms with Crippen LogP contribution in [-0.2, 0) is 14.3 Å². The van der Waals surface area contributed by atoms with Crippen molar-refractivity contribution < 1.29 is 14.3 Å². The fourth-order valence-corrected chi connectivity index (χ4v) is 3.18. The van der Waals surface area contributed by atoms with Gasteiger partial charge in [0, 0.05) is 18.4 Å². The molecule has 0 fully saturated rings. The van der Waals surface area contributed by atoms with Crippen molar-refractivity contribution in [2.45, 2.75) is 31.8 Å². The van der Waals surface area contributed by atoms with Gasteiger partial charge in [-0.05, 0) is 30.4 Å². The number of esters is 1. The first-order valence-corrected chi connectivity index (χ1v) is 7.49. The molecule has 1 heterocycles. The summed E-state index contributed by atoms with van der Waals surface area (Å²) >= 11 is 0. The molecule has 110 valence electrons. The minimum atomic E-state index is -0.313. The van der Waals surface area contributed by atoms with Gasteiger partial charge in [-0.2, -0.15) is 0 Å². The van der Waals surface area contributed by atoms with E-state index in [4.69, 9.17) is 9.47 Å². The van der Waals surface area contributed by atoms with Crippen molar-refractivity contribution in [3.63, 3.8) is 0 Å². The Labute approximate surface area is 125 Å². The fraction of sp³-hybridized carbons (Fsp3) is 0.389. The van der Waals surface area contributed by atoms with Crippen LogP contribution in [0.2, 0.25) is 0 Å². The van der Waals surface area contributed by atoms with E-state index in [0.717, 1.165) is 24.2 Å². The van der Waals surface area contributed by atoms with Crippen LogP contribution in [0.15, 0.2) is 53.8 Å². The van der Waals surface area contributed by atoms with Crippen LogP contribution >= 0.6 is 0 Å². The quantitative estimate of drug-likeness (QED) is 0.623. The van der Waals surface area contributed by atoms with E-state index in [1.807, 2.05) is 24.3 Å². The predicted octanol–water partition coefficient (Wildman–Crippen LogP) is 3.93. The molecule has 3 heteroatoms. The van der Waals surface area contributed by atoms with Gasteiger partial charge in [-0.1, -0.05) is 36.4 Å². The highest BCUT2D eigenvalue weighted by molar-refractivity contribution is 5.81. The molecule has 1 aromatic rings. The monoisotopic (exact) mass is 284 g/mol. The lowest BCUT2D eigenvalue weighted by molar-refractivity contribution is -0.134. The van der Waals surface area contributed by atoms with Crippen LogP contribution in [0.4, 0.5) is 0 Å². The number of carbonyl (C=O) groups excluding carboxylic acids is 1. The Morgan fingerprint density at radius 1 is 1.24 bits per heavy atom. The topological polar surface area (TPSA) is 35.5 Å². The van der Waals surface area contributed by atoms with Crippen molar-refractivity contribution in [1.29, 1.82) is 0 Å². The number of carbonyl (C=O) groups is 1. The van der Waals surface area contributed by atoms with Gasteiger partial charge in [-0.3, -0.25) is 0 Å². The first-order valence-electron chi connectivity index (χ1n) is 7.49. The highest BCUT2D eigenvalue weighted by Crippen LogP contribution is 2.47. The number of ether oxygens (including phenoxy) is 2. The SMILES string of the molecule is COC(=O)/C=C/[C@@H]1C2=C(CCCC2)O[C@@H]1c1ccccc1. The zero-order valence-corrected chi connectivity index (χ0v) is 12.2. The van der Waals surface area contributed by atoms with Gasteiger partial charge in [-0.15, -0.1) is 0 Å². The van der Waals surface area contributed by atoms with E-state index in [9.17, 15) is 4.79 Å². The number of rotatable bonds is 3. The molecular weight excluding hydrogens is 264 g/mol. The maximum Gasteiger partial charge on any atom is 0.330 e. The summed E-state index contributed by atoms with van der Waals surface area (Å²) in [6.45, 7) is 0. The molecule has 0 saturated heterocycles. The smallest absolute Gasteiger partial charge is 0.330 e. The average molecular weight is 284 g/mol. The van der Waals surface area contributed by atoms with Crippen molar-refractivity contribution in [2.75, 3.05) is 7.11 Å². The molecular formula is C18H20O3. The number of methoxy groups -OCH3 is 1. The van der Waals surface area contributed by atoms with E-state index in [0.29, 0.717) is 0 Å². The molecule has 2 atom stereocenters. The molecule has 0 unspecified atom stereocenters. The second-order valence-electron chi connectivity index (χ2n) is 5.51. The van der Waals surface area contributed by atoms with Gasteiger partial charge in [0.2, 0.25) is 0 Å². The summed E-state index contributed by atoms with van der Waals surface area (Å²) in [5.41, 5.74) is 2.52. The Morgan fingerprint density at radius 3 is 2.76 bits per heavy atom. The lowest BCUT2D eigenvalue weighted by atomic mass is 9.85. The Kier molecular flexibility index (Phi) is 4.09. The van der Waals surface area contributed by atoms with E-state index in [1.54, 1.807) is 0 Å². The maximum atomic E-state index is 11.4. The average Bonchev–Trinajstić information content (AvgIpc) is 2.92. The molecule has 0 saturated carbocycles. The van der Waals surface area contributed by atoms with Crippen LogP contribution in [0.3, 0.4) is 0 Å². The van der Waals surface area contributed by atoms with Crippen LogP contribution in [-0.4, -0.2) is 13.1 Å². The predicted molar refractivity (Wildman–Crippen MR) is 80.4 cm³/mol. The highest BCUT2D eigenvalue weighted by Gasteiger charge is 2.36. The van der Waals surface area contributed by atoms with E-state index >= 15 is 0 Å². The largest absolute Gasteiger partial charge is 0.489 e. The molecule has 1 aliphatic heterocycles. The minimum Gasteiger partial charge on any atom is -0.489 e. The molecule has 3 nitrogen and oxygen atoms in total. The van der Waals surface area contributed by atoms with Crippen molar-refractivity contribution in [2.24, 2.45) is 5.92 Å². The number of hydrogen-bond donors (Lipinski definition) is 0. The zero-order valence-electron chi connectivity index (χ0n) is 12.2. The second kappa shape index (κ2) is 6.17. The standard InChI is InChI=1S/C18H20O3/c1-20-17(19)12-11-15-14-9-5-6-10-16(14)21-18(15)13-7-3-2-4-8-13/h2-4,7-8,11-12,15,18H,5-6,9-10H2,1H3/b12-11+/t15-,18-/m1/s1. The number of allylic oxidation sites excluding steroid dienone is 1. The van der Waals surface area contributed by atoms with Crippen LogP contribution in [0, 0.1) is 5.92 Å². The second-order valence-corrected chi connectivity index (χ2v) is 5.51. The van der Waals surface area contributed by atoms with Gasteiger partial charge >= 0.3 is 5.97 Å². The molecule has 1 aliphatic carbocycles. The molecule has 21 heavy (non-hydrogen) atoms. The van der Waals surface area contributed by atoms with E-state index in [2.05, 4.69) is 12.1 Å². The van der Waals surface area contributed by atoms with Gasteiger partial charge < -0.3 is 9.47 Å². The van der Waals surface area contributed by atoms with Crippen LogP contribution in [0.5, 0.6) is 0 Å². The summed E-state index contributed by atoms with van der Waals surface area (Å²) in [7, 11) is 1.40. The lowest BCUT2D eigenvalue weighted by Gasteiger charge is -2.18. The van der Waals surface area contributed by atoms with Gasteiger partial charge in [-0.25, -0.2) is 4.79 Å². The fourth-order valence-electron chi connectivity index (χ4n) is 3.18. The Hall–Kier alpha value is -2.03. The molecule has 0 amide bonds. The van der Waals surface area contributed by atoms with Crippen LogP contribution in [0.1, 0.15) is 37.4 Å². The minimum absolute atomic E-state index is 0.0183. The van der Waals surface area contributed by atoms with Gasteiger partial charge in [0.05, 0.1) is 12.9 Å². The summed E-state index contributed by atoms with van der Waals surface area (Å²) in [5.74, 6) is 0.961. The molecule has 0 radical (unpaired) electrons. The van der Waals surface area contributed by atoms with Gasteiger partial charge in [0.15, 0.2) is 0 Å².